The van der Waals surface area contributed by atoms with E-state index in [4.69, 9.17) is 5.73 Å². The Labute approximate surface area is 106 Å². The lowest BCUT2D eigenvalue weighted by molar-refractivity contribution is -0.120. The highest BCUT2D eigenvalue weighted by Gasteiger charge is 2.23. The number of aromatic hydroxyl groups is 1. The molecule has 0 bridgehead atoms. The summed E-state index contributed by atoms with van der Waals surface area (Å²) in [6.45, 7) is 1.33. The van der Waals surface area contributed by atoms with E-state index in [0.717, 1.165) is 6.26 Å². The lowest BCUT2D eigenvalue weighted by atomic mass is 10.2. The van der Waals surface area contributed by atoms with Crippen LogP contribution in [-0.4, -0.2) is 30.9 Å². The molecule has 0 aliphatic rings. The molecule has 7 heteroatoms. The molecule has 4 N–H and O–H groups in total. The predicted molar refractivity (Wildman–Crippen MR) is 68.7 cm³/mol. The zero-order chi connectivity index (χ0) is 13.9. The Hall–Kier alpha value is -1.76. The van der Waals surface area contributed by atoms with Crippen molar-refractivity contribution in [2.24, 2.45) is 0 Å². The minimum atomic E-state index is -3.42. The number of benzene rings is 1. The molecule has 0 radical (unpaired) electrons. The summed E-state index contributed by atoms with van der Waals surface area (Å²) in [5.41, 5.74) is 6.43. The Morgan fingerprint density at radius 1 is 1.50 bits per heavy atom. The molecule has 1 unspecified atom stereocenters. The van der Waals surface area contributed by atoms with Crippen molar-refractivity contribution >= 4 is 21.4 Å². The second-order valence-corrected chi connectivity index (χ2v) is 6.44. The summed E-state index contributed by atoms with van der Waals surface area (Å²) < 4.78 is 22.3. The molecule has 0 heterocycles. The molecule has 0 aromatic heterocycles. The van der Waals surface area contributed by atoms with Gasteiger partial charge in [0.2, 0.25) is 5.91 Å². The first kappa shape index (κ1) is 14.3. The topological polar surface area (TPSA) is 109 Å². The third kappa shape index (κ3) is 3.63. The fourth-order valence-electron chi connectivity index (χ4n) is 1.27. The van der Waals surface area contributed by atoms with Gasteiger partial charge in [-0.2, -0.15) is 0 Å². The third-order valence-corrected chi connectivity index (χ3v) is 4.07. The quantitative estimate of drug-likeness (QED) is 0.529. The maximum Gasteiger partial charge on any atom is 0.238 e. The van der Waals surface area contributed by atoms with Gasteiger partial charge in [0.25, 0.3) is 0 Å². The molecule has 100 valence electrons. The average Bonchev–Trinajstić information content (AvgIpc) is 2.27. The van der Waals surface area contributed by atoms with E-state index in [1.807, 2.05) is 0 Å². The first-order valence-electron chi connectivity index (χ1n) is 5.25. The van der Waals surface area contributed by atoms with Crippen LogP contribution in [0.5, 0.6) is 5.75 Å². The van der Waals surface area contributed by atoms with Crippen molar-refractivity contribution in [3.63, 3.8) is 0 Å². The number of carbonyl (C=O) groups is 1. The van der Waals surface area contributed by atoms with E-state index < -0.39 is 21.0 Å². The molecular weight excluding hydrogens is 256 g/mol. The molecule has 1 amide bonds. The standard InChI is InChI=1S/C11H16N2O4S/c1-7(18(2,16)17)11(15)13-6-8-5-9(12)3-4-10(8)14/h3-5,7,14H,6,12H2,1-2H3,(H,13,15). The van der Waals surface area contributed by atoms with Gasteiger partial charge in [0.05, 0.1) is 0 Å². The van der Waals surface area contributed by atoms with Gasteiger partial charge in [0.15, 0.2) is 9.84 Å². The molecule has 0 saturated heterocycles. The van der Waals surface area contributed by atoms with Crippen LogP contribution in [0.4, 0.5) is 5.69 Å². The van der Waals surface area contributed by atoms with E-state index in [2.05, 4.69) is 5.32 Å². The van der Waals surface area contributed by atoms with Crippen molar-refractivity contribution < 1.29 is 18.3 Å². The van der Waals surface area contributed by atoms with Crippen molar-refractivity contribution in [1.29, 1.82) is 0 Å². The summed E-state index contributed by atoms with van der Waals surface area (Å²) in [5.74, 6) is -0.615. The molecule has 0 aliphatic heterocycles. The van der Waals surface area contributed by atoms with Gasteiger partial charge in [-0.05, 0) is 25.1 Å². The van der Waals surface area contributed by atoms with Crippen molar-refractivity contribution in [2.45, 2.75) is 18.7 Å². The van der Waals surface area contributed by atoms with E-state index in [0.29, 0.717) is 11.3 Å². The number of rotatable bonds is 4. The molecular formula is C11H16N2O4S. The molecule has 0 fully saturated rings. The fourth-order valence-corrected chi connectivity index (χ4v) is 1.74. The second kappa shape index (κ2) is 5.26. The number of hydrogen-bond donors (Lipinski definition) is 3. The number of phenols is 1. The van der Waals surface area contributed by atoms with Crippen LogP contribution in [0.1, 0.15) is 12.5 Å². The molecule has 1 aromatic carbocycles. The molecule has 0 saturated carbocycles. The Morgan fingerprint density at radius 3 is 2.67 bits per heavy atom. The van der Waals surface area contributed by atoms with Gasteiger partial charge in [-0.1, -0.05) is 0 Å². The molecule has 18 heavy (non-hydrogen) atoms. The summed E-state index contributed by atoms with van der Waals surface area (Å²) >= 11 is 0. The zero-order valence-corrected chi connectivity index (χ0v) is 11.0. The smallest absolute Gasteiger partial charge is 0.238 e. The van der Waals surface area contributed by atoms with Gasteiger partial charge in [-0.25, -0.2) is 8.42 Å². The number of carbonyl (C=O) groups excluding carboxylic acids is 1. The van der Waals surface area contributed by atoms with E-state index in [1.54, 1.807) is 0 Å². The Kier molecular flexibility index (Phi) is 4.18. The number of hydrogen-bond acceptors (Lipinski definition) is 5. The summed E-state index contributed by atoms with van der Waals surface area (Å²) in [4.78, 5) is 11.6. The normalized spacial score (nSPS) is 13.0. The van der Waals surface area contributed by atoms with E-state index in [-0.39, 0.29) is 12.3 Å². The first-order valence-corrected chi connectivity index (χ1v) is 7.21. The number of anilines is 1. The summed E-state index contributed by atoms with van der Waals surface area (Å²) in [7, 11) is -3.42. The van der Waals surface area contributed by atoms with Crippen LogP contribution in [0, 0.1) is 0 Å². The monoisotopic (exact) mass is 272 g/mol. The van der Waals surface area contributed by atoms with Crippen LogP contribution in [-0.2, 0) is 21.2 Å². The molecule has 6 nitrogen and oxygen atoms in total. The van der Waals surface area contributed by atoms with Gasteiger partial charge in [-0.3, -0.25) is 4.79 Å². The zero-order valence-electron chi connectivity index (χ0n) is 10.2. The summed E-state index contributed by atoms with van der Waals surface area (Å²) in [6, 6.07) is 4.46. The maximum absolute atomic E-state index is 11.6. The van der Waals surface area contributed by atoms with Crippen LogP contribution in [0.15, 0.2) is 18.2 Å². The van der Waals surface area contributed by atoms with Crippen molar-refractivity contribution in [2.75, 3.05) is 12.0 Å². The number of nitrogens with two attached hydrogens (primary N) is 1. The predicted octanol–water partition coefficient (Wildman–Crippen LogP) is 0.0237. The van der Waals surface area contributed by atoms with Crippen LogP contribution in [0.25, 0.3) is 0 Å². The van der Waals surface area contributed by atoms with Crippen molar-refractivity contribution in [1.82, 2.24) is 5.32 Å². The maximum atomic E-state index is 11.6. The van der Waals surface area contributed by atoms with E-state index >= 15 is 0 Å². The fraction of sp³-hybridized carbons (Fsp3) is 0.364. The van der Waals surface area contributed by atoms with Gasteiger partial charge in [-0.15, -0.1) is 0 Å². The Bertz CT molecular complexity index is 554. The van der Waals surface area contributed by atoms with Gasteiger partial charge in [0, 0.05) is 24.1 Å². The number of nitrogen functional groups attached to an aromatic ring is 1. The highest BCUT2D eigenvalue weighted by atomic mass is 32.2. The van der Waals surface area contributed by atoms with Crippen molar-refractivity contribution in [3.05, 3.63) is 23.8 Å². The lowest BCUT2D eigenvalue weighted by Crippen LogP contribution is -2.37. The lowest BCUT2D eigenvalue weighted by Gasteiger charge is -2.11. The van der Waals surface area contributed by atoms with Crippen LogP contribution in [0.3, 0.4) is 0 Å². The van der Waals surface area contributed by atoms with Gasteiger partial charge >= 0.3 is 0 Å². The minimum Gasteiger partial charge on any atom is -0.508 e. The molecule has 0 spiro atoms. The molecule has 1 rings (SSSR count). The van der Waals surface area contributed by atoms with Gasteiger partial charge < -0.3 is 16.2 Å². The molecule has 1 atom stereocenters. The Morgan fingerprint density at radius 2 is 2.11 bits per heavy atom. The SMILES string of the molecule is CC(C(=O)NCc1cc(N)ccc1O)S(C)(=O)=O. The minimum absolute atomic E-state index is 0.00323. The second-order valence-electron chi connectivity index (χ2n) is 4.08. The highest BCUT2D eigenvalue weighted by Crippen LogP contribution is 2.19. The third-order valence-electron chi connectivity index (χ3n) is 2.57. The first-order chi connectivity index (χ1) is 8.21. The average molecular weight is 272 g/mol. The molecule has 0 aliphatic carbocycles. The number of sulfone groups is 1. The van der Waals surface area contributed by atoms with E-state index in [1.165, 1.54) is 25.1 Å². The van der Waals surface area contributed by atoms with Gasteiger partial charge in [0.1, 0.15) is 11.0 Å². The number of amides is 1. The number of nitrogens with one attached hydrogen (secondary N) is 1. The molecule has 1 aromatic rings. The van der Waals surface area contributed by atoms with E-state index in [9.17, 15) is 18.3 Å². The van der Waals surface area contributed by atoms with Crippen LogP contribution >= 0.6 is 0 Å². The van der Waals surface area contributed by atoms with Crippen LogP contribution in [0.2, 0.25) is 0 Å². The summed E-state index contributed by atoms with van der Waals surface area (Å²) in [6.07, 6.45) is 0.995. The largest absolute Gasteiger partial charge is 0.508 e. The van der Waals surface area contributed by atoms with Crippen molar-refractivity contribution in [3.8, 4) is 5.75 Å². The number of phenolic OH excluding ortho intramolecular Hbond substituents is 1. The van der Waals surface area contributed by atoms with Crippen LogP contribution < -0.4 is 11.1 Å². The highest BCUT2D eigenvalue weighted by molar-refractivity contribution is 7.92. The Balaban J connectivity index is 2.71. The summed E-state index contributed by atoms with van der Waals surface area (Å²) in [5, 5.41) is 10.8.